The summed E-state index contributed by atoms with van der Waals surface area (Å²) in [6, 6.07) is 7.54. The van der Waals surface area contributed by atoms with Crippen molar-refractivity contribution >= 4 is 21.6 Å². The van der Waals surface area contributed by atoms with E-state index >= 15 is 0 Å². The fourth-order valence-corrected chi connectivity index (χ4v) is 2.18. The second kappa shape index (κ2) is 5.23. The molecule has 18 heavy (non-hydrogen) atoms. The molecule has 0 amide bonds. The van der Waals surface area contributed by atoms with E-state index in [1.165, 1.54) is 0 Å². The third-order valence-electron chi connectivity index (χ3n) is 2.74. The lowest BCUT2D eigenvalue weighted by atomic mass is 10.2. The van der Waals surface area contributed by atoms with Crippen LogP contribution in [0.3, 0.4) is 0 Å². The van der Waals surface area contributed by atoms with E-state index in [0.29, 0.717) is 12.1 Å². The minimum atomic E-state index is 0.629. The fraction of sp³-hybridized carbons (Fsp3) is 0.231. The van der Waals surface area contributed by atoms with Gasteiger partial charge in [-0.2, -0.15) is 5.26 Å². The van der Waals surface area contributed by atoms with E-state index in [9.17, 15) is 0 Å². The van der Waals surface area contributed by atoms with Gasteiger partial charge >= 0.3 is 0 Å². The van der Waals surface area contributed by atoms with Gasteiger partial charge in [0.1, 0.15) is 5.76 Å². The normalized spacial score (nSPS) is 10.1. The Morgan fingerprint density at radius 1 is 1.44 bits per heavy atom. The summed E-state index contributed by atoms with van der Waals surface area (Å²) in [4.78, 5) is 0. The molecule has 2 aromatic rings. The lowest BCUT2D eigenvalue weighted by Gasteiger charge is -2.08. The smallest absolute Gasteiger partial charge is 0.138 e. The number of hydrogen-bond acceptors (Lipinski definition) is 4. The highest BCUT2D eigenvalue weighted by molar-refractivity contribution is 9.10. The number of rotatable bonds is 3. The summed E-state index contributed by atoms with van der Waals surface area (Å²) in [6.07, 6.45) is 0. The van der Waals surface area contributed by atoms with Crippen molar-refractivity contribution in [3.8, 4) is 6.07 Å². The van der Waals surface area contributed by atoms with Crippen molar-refractivity contribution in [1.82, 2.24) is 5.16 Å². The Bertz CT molecular complexity index is 594. The number of nitrogens with one attached hydrogen (secondary N) is 1. The van der Waals surface area contributed by atoms with E-state index in [1.54, 1.807) is 12.1 Å². The first-order valence-corrected chi connectivity index (χ1v) is 6.26. The second-order valence-corrected chi connectivity index (χ2v) is 4.82. The van der Waals surface area contributed by atoms with E-state index < -0.39 is 0 Å². The Hall–Kier alpha value is -1.80. The maximum Gasteiger partial charge on any atom is 0.138 e. The Morgan fingerprint density at radius 2 is 2.22 bits per heavy atom. The maximum absolute atomic E-state index is 8.79. The predicted molar refractivity (Wildman–Crippen MR) is 72.2 cm³/mol. The average Bonchev–Trinajstić information content (AvgIpc) is 2.68. The molecule has 0 radical (unpaired) electrons. The molecule has 1 heterocycles. The third-order valence-corrected chi connectivity index (χ3v) is 3.39. The molecule has 0 saturated carbocycles. The van der Waals surface area contributed by atoms with Gasteiger partial charge in [-0.3, -0.25) is 0 Å². The number of hydrogen-bond donors (Lipinski definition) is 1. The molecule has 92 valence electrons. The van der Waals surface area contributed by atoms with Gasteiger partial charge in [0.2, 0.25) is 0 Å². The standard InChI is InChI=1S/C13H12BrN3O/c1-8-11(9(2)18-17-8)7-16-13-4-3-10(6-15)5-12(13)14/h3-5,16H,7H2,1-2H3. The average molecular weight is 306 g/mol. The van der Waals surface area contributed by atoms with Crippen molar-refractivity contribution in [3.05, 3.63) is 45.3 Å². The van der Waals surface area contributed by atoms with Crippen molar-refractivity contribution in [3.63, 3.8) is 0 Å². The van der Waals surface area contributed by atoms with E-state index in [0.717, 1.165) is 27.2 Å². The first kappa shape index (κ1) is 12.7. The summed E-state index contributed by atoms with van der Waals surface area (Å²) in [5.41, 5.74) is 3.52. The lowest BCUT2D eigenvalue weighted by molar-refractivity contribution is 0.392. The van der Waals surface area contributed by atoms with E-state index in [1.807, 2.05) is 19.9 Å². The summed E-state index contributed by atoms with van der Waals surface area (Å²) < 4.78 is 5.97. The number of benzene rings is 1. The Kier molecular flexibility index (Phi) is 3.68. The zero-order valence-corrected chi connectivity index (χ0v) is 11.7. The molecule has 0 unspecified atom stereocenters. The molecule has 0 aliphatic carbocycles. The minimum Gasteiger partial charge on any atom is -0.380 e. The number of nitrogens with zero attached hydrogens (tertiary/aromatic N) is 2. The molecule has 2 rings (SSSR count). The van der Waals surface area contributed by atoms with Crippen LogP contribution in [0.15, 0.2) is 27.2 Å². The zero-order valence-electron chi connectivity index (χ0n) is 10.1. The van der Waals surface area contributed by atoms with Gasteiger partial charge in [0.05, 0.1) is 17.3 Å². The minimum absolute atomic E-state index is 0.629. The molecular weight excluding hydrogens is 294 g/mol. The summed E-state index contributed by atoms with van der Waals surface area (Å²) in [7, 11) is 0. The van der Waals surface area contributed by atoms with Crippen LogP contribution in [-0.4, -0.2) is 5.16 Å². The molecule has 0 bridgehead atoms. The first-order valence-electron chi connectivity index (χ1n) is 5.47. The first-order chi connectivity index (χ1) is 8.61. The van der Waals surface area contributed by atoms with Gasteiger partial charge in [-0.1, -0.05) is 5.16 Å². The van der Waals surface area contributed by atoms with Gasteiger partial charge in [0.15, 0.2) is 0 Å². The molecule has 1 aromatic heterocycles. The monoisotopic (exact) mass is 305 g/mol. The molecule has 0 aliphatic heterocycles. The second-order valence-electron chi connectivity index (χ2n) is 3.96. The fourth-order valence-electron chi connectivity index (χ4n) is 1.67. The third kappa shape index (κ3) is 2.54. The van der Waals surface area contributed by atoms with Crippen LogP contribution in [0.4, 0.5) is 5.69 Å². The van der Waals surface area contributed by atoms with Gasteiger partial charge in [0.25, 0.3) is 0 Å². The van der Waals surface area contributed by atoms with Crippen LogP contribution >= 0.6 is 15.9 Å². The van der Waals surface area contributed by atoms with Crippen molar-refractivity contribution in [1.29, 1.82) is 5.26 Å². The zero-order chi connectivity index (χ0) is 13.1. The van der Waals surface area contributed by atoms with Crippen molar-refractivity contribution in [2.24, 2.45) is 0 Å². The maximum atomic E-state index is 8.79. The number of nitriles is 1. The van der Waals surface area contributed by atoms with Crippen molar-refractivity contribution < 1.29 is 4.52 Å². The van der Waals surface area contributed by atoms with Gasteiger partial charge < -0.3 is 9.84 Å². The number of aromatic nitrogens is 1. The summed E-state index contributed by atoms with van der Waals surface area (Å²) in [6.45, 7) is 4.46. The van der Waals surface area contributed by atoms with Crippen LogP contribution in [0.2, 0.25) is 0 Å². The molecule has 0 aliphatic rings. The summed E-state index contributed by atoms with van der Waals surface area (Å²) in [5, 5.41) is 16.0. The highest BCUT2D eigenvalue weighted by Crippen LogP contribution is 2.24. The Balaban J connectivity index is 2.14. The van der Waals surface area contributed by atoms with Gasteiger partial charge in [-0.25, -0.2) is 0 Å². The van der Waals surface area contributed by atoms with Crippen LogP contribution in [0.25, 0.3) is 0 Å². The molecule has 0 spiro atoms. The van der Waals surface area contributed by atoms with Gasteiger partial charge in [-0.05, 0) is 48.0 Å². The molecule has 0 fully saturated rings. The number of halogens is 1. The number of anilines is 1. The van der Waals surface area contributed by atoms with Crippen LogP contribution in [0.1, 0.15) is 22.6 Å². The molecule has 1 N–H and O–H groups in total. The summed E-state index contributed by atoms with van der Waals surface area (Å²) in [5.74, 6) is 0.824. The molecular formula is C13H12BrN3O. The van der Waals surface area contributed by atoms with Crippen molar-refractivity contribution in [2.75, 3.05) is 5.32 Å². The summed E-state index contributed by atoms with van der Waals surface area (Å²) >= 11 is 3.44. The molecule has 0 atom stereocenters. The van der Waals surface area contributed by atoms with Crippen LogP contribution < -0.4 is 5.32 Å². The highest BCUT2D eigenvalue weighted by atomic mass is 79.9. The quantitative estimate of drug-likeness (QED) is 0.942. The van der Waals surface area contributed by atoms with Crippen LogP contribution in [0, 0.1) is 25.2 Å². The lowest BCUT2D eigenvalue weighted by Crippen LogP contribution is -2.02. The van der Waals surface area contributed by atoms with Crippen LogP contribution in [-0.2, 0) is 6.54 Å². The van der Waals surface area contributed by atoms with E-state index in [-0.39, 0.29) is 0 Å². The Morgan fingerprint density at radius 3 is 2.78 bits per heavy atom. The molecule has 1 aromatic carbocycles. The molecule has 4 nitrogen and oxygen atoms in total. The van der Waals surface area contributed by atoms with Crippen LogP contribution in [0.5, 0.6) is 0 Å². The molecule has 0 saturated heterocycles. The Labute approximate surface area is 114 Å². The highest BCUT2D eigenvalue weighted by Gasteiger charge is 2.09. The number of aryl methyl sites for hydroxylation is 2. The van der Waals surface area contributed by atoms with E-state index in [4.69, 9.17) is 9.78 Å². The van der Waals surface area contributed by atoms with Gasteiger partial charge in [0, 0.05) is 22.3 Å². The topological polar surface area (TPSA) is 61.9 Å². The SMILES string of the molecule is Cc1noc(C)c1CNc1ccc(C#N)cc1Br. The molecule has 5 heteroatoms. The van der Waals surface area contributed by atoms with Gasteiger partial charge in [-0.15, -0.1) is 0 Å². The largest absolute Gasteiger partial charge is 0.380 e. The van der Waals surface area contributed by atoms with E-state index in [2.05, 4.69) is 32.5 Å². The predicted octanol–water partition coefficient (Wildman–Crippen LogP) is 3.54. The van der Waals surface area contributed by atoms with Crippen molar-refractivity contribution in [2.45, 2.75) is 20.4 Å².